The molecule has 0 radical (unpaired) electrons. The first kappa shape index (κ1) is 10.2. The molecule has 5 heteroatoms. The minimum Gasteiger partial charge on any atom is -0.507 e. The molecule has 0 saturated heterocycles. The topological polar surface area (TPSA) is 78.0 Å². The maximum absolute atomic E-state index is 11.8. The van der Waals surface area contributed by atoms with E-state index < -0.39 is 0 Å². The highest BCUT2D eigenvalue weighted by molar-refractivity contribution is 6.06. The Morgan fingerprint density at radius 3 is 3.00 bits per heavy atom. The predicted octanol–water partition coefficient (Wildman–Crippen LogP) is 1.68. The third kappa shape index (κ3) is 1.88. The predicted molar refractivity (Wildman–Crippen MR) is 59.4 cm³/mol. The number of aromatic hydroxyl groups is 1. The number of aromatic amines is 1. The van der Waals surface area contributed by atoms with Crippen molar-refractivity contribution in [3.63, 3.8) is 0 Å². The van der Waals surface area contributed by atoms with Crippen LogP contribution in [0.3, 0.4) is 0 Å². The number of carbonyl (C=O) groups excluding carboxylic acids is 1. The molecule has 0 atom stereocenters. The molecule has 5 nitrogen and oxygen atoms in total. The number of aryl methyl sites for hydroxylation is 1. The standard InChI is InChI=1S/C11H11N3O2/c1-7-3-2-4-9(10(7)15)11(16)14-8-5-12-13-6-8/h2-6,15H,1H3,(H,12,13)(H,14,16). The maximum atomic E-state index is 11.8. The molecule has 16 heavy (non-hydrogen) atoms. The normalized spacial score (nSPS) is 10.1. The highest BCUT2D eigenvalue weighted by atomic mass is 16.3. The quantitative estimate of drug-likeness (QED) is 0.716. The lowest BCUT2D eigenvalue weighted by Crippen LogP contribution is -2.11. The van der Waals surface area contributed by atoms with Gasteiger partial charge in [0.25, 0.3) is 5.91 Å². The molecule has 1 aromatic heterocycles. The monoisotopic (exact) mass is 217 g/mol. The van der Waals surface area contributed by atoms with Gasteiger partial charge in [-0.1, -0.05) is 12.1 Å². The molecule has 0 aliphatic rings. The number of anilines is 1. The average Bonchev–Trinajstić information content (AvgIpc) is 2.74. The van der Waals surface area contributed by atoms with E-state index >= 15 is 0 Å². The molecule has 2 rings (SSSR count). The smallest absolute Gasteiger partial charge is 0.259 e. The van der Waals surface area contributed by atoms with Crippen molar-refractivity contribution < 1.29 is 9.90 Å². The molecule has 0 bridgehead atoms. The van der Waals surface area contributed by atoms with Crippen molar-refractivity contribution in [3.05, 3.63) is 41.7 Å². The summed E-state index contributed by atoms with van der Waals surface area (Å²) < 4.78 is 0. The van der Waals surface area contributed by atoms with E-state index in [1.54, 1.807) is 31.3 Å². The van der Waals surface area contributed by atoms with Gasteiger partial charge >= 0.3 is 0 Å². The lowest BCUT2D eigenvalue weighted by atomic mass is 10.1. The number of benzene rings is 1. The van der Waals surface area contributed by atoms with Crippen LogP contribution in [0.25, 0.3) is 0 Å². The van der Waals surface area contributed by atoms with Crippen LogP contribution in [0.15, 0.2) is 30.6 Å². The molecule has 0 aliphatic carbocycles. The molecule has 0 aliphatic heterocycles. The molecule has 0 saturated carbocycles. The minimum atomic E-state index is -0.359. The Morgan fingerprint density at radius 1 is 1.50 bits per heavy atom. The molecule has 0 spiro atoms. The Kier molecular flexibility index (Phi) is 2.59. The Labute approximate surface area is 92.1 Å². The first-order chi connectivity index (χ1) is 7.68. The van der Waals surface area contributed by atoms with Crippen molar-refractivity contribution >= 4 is 11.6 Å². The molecule has 0 unspecified atom stereocenters. The van der Waals surface area contributed by atoms with Gasteiger partial charge in [-0.15, -0.1) is 0 Å². The lowest BCUT2D eigenvalue weighted by Gasteiger charge is -2.06. The second-order valence-electron chi connectivity index (χ2n) is 3.41. The van der Waals surface area contributed by atoms with Gasteiger partial charge in [-0.05, 0) is 18.6 Å². The minimum absolute atomic E-state index is 0.00324. The van der Waals surface area contributed by atoms with Crippen LogP contribution in [0.1, 0.15) is 15.9 Å². The van der Waals surface area contributed by atoms with Crippen molar-refractivity contribution in [2.75, 3.05) is 5.32 Å². The van der Waals surface area contributed by atoms with Crippen LogP contribution in [-0.4, -0.2) is 21.2 Å². The number of nitrogens with zero attached hydrogens (tertiary/aromatic N) is 1. The number of H-pyrrole nitrogens is 1. The zero-order valence-corrected chi connectivity index (χ0v) is 8.69. The van der Waals surface area contributed by atoms with Crippen LogP contribution < -0.4 is 5.32 Å². The molecule has 0 fully saturated rings. The van der Waals surface area contributed by atoms with Crippen LogP contribution in [-0.2, 0) is 0 Å². The highest BCUT2D eigenvalue weighted by Crippen LogP contribution is 2.22. The zero-order chi connectivity index (χ0) is 11.5. The summed E-state index contributed by atoms with van der Waals surface area (Å²) in [6.07, 6.45) is 3.05. The third-order valence-corrected chi connectivity index (χ3v) is 2.24. The molecule has 82 valence electrons. The summed E-state index contributed by atoms with van der Waals surface area (Å²) in [5, 5.41) is 18.6. The summed E-state index contributed by atoms with van der Waals surface area (Å²) in [4.78, 5) is 11.8. The third-order valence-electron chi connectivity index (χ3n) is 2.24. The van der Waals surface area contributed by atoms with Gasteiger partial charge in [0.2, 0.25) is 0 Å². The van der Waals surface area contributed by atoms with E-state index in [9.17, 15) is 9.90 Å². The summed E-state index contributed by atoms with van der Waals surface area (Å²) in [6, 6.07) is 5.03. The van der Waals surface area contributed by atoms with Gasteiger partial charge in [0.05, 0.1) is 17.4 Å². The second-order valence-corrected chi connectivity index (χ2v) is 3.41. The molecule has 2 aromatic rings. The van der Waals surface area contributed by atoms with Gasteiger partial charge in [0.15, 0.2) is 0 Å². The van der Waals surface area contributed by atoms with E-state index in [0.717, 1.165) is 0 Å². The van der Waals surface area contributed by atoms with Crippen molar-refractivity contribution in [2.45, 2.75) is 6.92 Å². The van der Waals surface area contributed by atoms with Crippen LogP contribution >= 0.6 is 0 Å². The van der Waals surface area contributed by atoms with E-state index in [1.807, 2.05) is 0 Å². The Morgan fingerprint density at radius 2 is 2.31 bits per heavy atom. The fraction of sp³-hybridized carbons (Fsp3) is 0.0909. The Balaban J connectivity index is 2.24. The number of phenols is 1. The number of para-hydroxylation sites is 1. The number of rotatable bonds is 2. The molecule has 3 N–H and O–H groups in total. The fourth-order valence-corrected chi connectivity index (χ4v) is 1.36. The first-order valence-electron chi connectivity index (χ1n) is 4.77. The van der Waals surface area contributed by atoms with Gasteiger partial charge in [-0.25, -0.2) is 0 Å². The summed E-state index contributed by atoms with van der Waals surface area (Å²) in [7, 11) is 0. The van der Waals surface area contributed by atoms with Gasteiger partial charge in [-0.2, -0.15) is 5.10 Å². The summed E-state index contributed by atoms with van der Waals surface area (Å²) in [5.41, 5.74) is 1.48. The van der Waals surface area contributed by atoms with E-state index in [-0.39, 0.29) is 17.2 Å². The van der Waals surface area contributed by atoms with Crippen molar-refractivity contribution in [2.24, 2.45) is 0 Å². The maximum Gasteiger partial charge on any atom is 0.259 e. The molecule has 1 heterocycles. The molecular formula is C11H11N3O2. The fourth-order valence-electron chi connectivity index (χ4n) is 1.36. The highest BCUT2D eigenvalue weighted by Gasteiger charge is 2.12. The summed E-state index contributed by atoms with van der Waals surface area (Å²) in [6.45, 7) is 1.74. The number of hydrogen-bond donors (Lipinski definition) is 3. The van der Waals surface area contributed by atoms with Crippen LogP contribution in [0.2, 0.25) is 0 Å². The molecular weight excluding hydrogens is 206 g/mol. The van der Waals surface area contributed by atoms with E-state index in [1.165, 1.54) is 6.20 Å². The second kappa shape index (κ2) is 4.06. The largest absolute Gasteiger partial charge is 0.507 e. The number of nitrogens with one attached hydrogen (secondary N) is 2. The lowest BCUT2D eigenvalue weighted by molar-refractivity contribution is 0.102. The van der Waals surface area contributed by atoms with E-state index in [4.69, 9.17) is 0 Å². The SMILES string of the molecule is Cc1cccc(C(=O)Nc2cn[nH]c2)c1O. The summed E-state index contributed by atoms with van der Waals surface area (Å²) in [5.74, 6) is -0.355. The van der Waals surface area contributed by atoms with Crippen LogP contribution in [0.4, 0.5) is 5.69 Å². The van der Waals surface area contributed by atoms with E-state index in [2.05, 4.69) is 15.5 Å². The van der Waals surface area contributed by atoms with Crippen molar-refractivity contribution in [3.8, 4) is 5.75 Å². The molecule has 1 amide bonds. The average molecular weight is 217 g/mol. The van der Waals surface area contributed by atoms with Gasteiger partial charge in [-0.3, -0.25) is 9.89 Å². The first-order valence-corrected chi connectivity index (χ1v) is 4.77. The number of aromatic nitrogens is 2. The Bertz CT molecular complexity index is 506. The summed E-state index contributed by atoms with van der Waals surface area (Å²) >= 11 is 0. The van der Waals surface area contributed by atoms with Gasteiger partial charge < -0.3 is 10.4 Å². The molecule has 1 aromatic carbocycles. The van der Waals surface area contributed by atoms with Crippen LogP contribution in [0.5, 0.6) is 5.75 Å². The Hall–Kier alpha value is -2.30. The van der Waals surface area contributed by atoms with Crippen molar-refractivity contribution in [1.29, 1.82) is 0 Å². The number of amides is 1. The van der Waals surface area contributed by atoms with Gasteiger partial charge in [0.1, 0.15) is 5.75 Å². The van der Waals surface area contributed by atoms with E-state index in [0.29, 0.717) is 11.3 Å². The zero-order valence-electron chi connectivity index (χ0n) is 8.69. The van der Waals surface area contributed by atoms with Gasteiger partial charge in [0, 0.05) is 6.20 Å². The number of phenolic OH excluding ortho intramolecular Hbond substituents is 1. The number of hydrogen-bond acceptors (Lipinski definition) is 3. The van der Waals surface area contributed by atoms with Crippen LogP contribution in [0, 0.1) is 6.92 Å². The van der Waals surface area contributed by atoms with Crippen molar-refractivity contribution in [1.82, 2.24) is 10.2 Å². The number of carbonyl (C=O) groups is 1.